The summed E-state index contributed by atoms with van der Waals surface area (Å²) in [6, 6.07) is 24.3. The zero-order valence-electron chi connectivity index (χ0n) is 15.6. The number of carbonyl (C=O) groups is 2. The Kier molecular flexibility index (Phi) is 6.87. The molecule has 0 aliphatic heterocycles. The molecule has 0 saturated carbocycles. The summed E-state index contributed by atoms with van der Waals surface area (Å²) >= 11 is 1.46. The molecule has 0 bridgehead atoms. The third kappa shape index (κ3) is 5.72. The number of Topliss-reactive ketones (excluding diaryl/α,β-unsaturated/α-hetero) is 1. The molecule has 1 amide bonds. The van der Waals surface area contributed by atoms with Gasteiger partial charge in [-0.2, -0.15) is 0 Å². The number of amides is 1. The molecule has 0 spiro atoms. The lowest BCUT2D eigenvalue weighted by Gasteiger charge is -2.07. The summed E-state index contributed by atoms with van der Waals surface area (Å²) in [5.41, 5.74) is 2.35. The lowest BCUT2D eigenvalue weighted by atomic mass is 10.1. The van der Waals surface area contributed by atoms with Crippen molar-refractivity contribution in [3.63, 3.8) is 0 Å². The fourth-order valence-corrected chi connectivity index (χ4v) is 3.44. The van der Waals surface area contributed by atoms with E-state index >= 15 is 0 Å². The Morgan fingerprint density at radius 3 is 2.39 bits per heavy atom. The van der Waals surface area contributed by atoms with Crippen LogP contribution in [0.15, 0.2) is 83.8 Å². The van der Waals surface area contributed by atoms with Gasteiger partial charge in [0, 0.05) is 16.1 Å². The number of thioether (sulfide) groups is 1. The van der Waals surface area contributed by atoms with Crippen molar-refractivity contribution in [2.45, 2.75) is 11.3 Å². The van der Waals surface area contributed by atoms with Gasteiger partial charge >= 0.3 is 0 Å². The summed E-state index contributed by atoms with van der Waals surface area (Å²) in [4.78, 5) is 25.4. The minimum atomic E-state index is -0.0557. The van der Waals surface area contributed by atoms with Crippen LogP contribution in [0.1, 0.15) is 15.9 Å². The van der Waals surface area contributed by atoms with Gasteiger partial charge in [-0.05, 0) is 42.0 Å². The molecule has 0 aromatic heterocycles. The average Bonchev–Trinajstić information content (AvgIpc) is 2.73. The first-order chi connectivity index (χ1) is 13.6. The normalized spacial score (nSPS) is 10.3. The molecule has 142 valence electrons. The third-order valence-electron chi connectivity index (χ3n) is 4.11. The van der Waals surface area contributed by atoms with E-state index in [9.17, 15) is 9.59 Å². The summed E-state index contributed by atoms with van der Waals surface area (Å²) in [6.45, 7) is 0. The highest BCUT2D eigenvalue weighted by molar-refractivity contribution is 8.00. The number of ether oxygens (including phenoxy) is 1. The van der Waals surface area contributed by atoms with Crippen LogP contribution in [0.25, 0.3) is 0 Å². The zero-order chi connectivity index (χ0) is 19.8. The molecule has 4 nitrogen and oxygen atoms in total. The second-order valence-electron chi connectivity index (χ2n) is 6.18. The molecule has 1 N–H and O–H groups in total. The van der Waals surface area contributed by atoms with E-state index in [1.165, 1.54) is 11.8 Å². The quantitative estimate of drug-likeness (QED) is 0.440. The Balaban J connectivity index is 1.51. The number of methoxy groups -OCH3 is 1. The van der Waals surface area contributed by atoms with Gasteiger partial charge in [0.05, 0.1) is 19.3 Å². The molecular formula is C23H21NO3S. The molecule has 0 heterocycles. The Bertz CT molecular complexity index is 940. The molecule has 0 fully saturated rings. The monoisotopic (exact) mass is 391 g/mol. The number of nitrogens with one attached hydrogen (secondary N) is 1. The maximum Gasteiger partial charge on any atom is 0.228 e. The van der Waals surface area contributed by atoms with Crippen LogP contribution in [0, 0.1) is 0 Å². The Labute approximate surface area is 168 Å². The van der Waals surface area contributed by atoms with Crippen molar-refractivity contribution in [1.82, 2.24) is 0 Å². The minimum absolute atomic E-state index is 0.0455. The summed E-state index contributed by atoms with van der Waals surface area (Å²) in [5, 5.41) is 2.89. The van der Waals surface area contributed by atoms with Gasteiger partial charge in [-0.3, -0.25) is 9.59 Å². The van der Waals surface area contributed by atoms with Crippen LogP contribution in [0.5, 0.6) is 5.75 Å². The lowest BCUT2D eigenvalue weighted by molar-refractivity contribution is -0.115. The first kappa shape index (κ1) is 19.7. The van der Waals surface area contributed by atoms with E-state index in [2.05, 4.69) is 5.32 Å². The Morgan fingerprint density at radius 2 is 1.68 bits per heavy atom. The summed E-state index contributed by atoms with van der Waals surface area (Å²) in [5.74, 6) is 1.00. The molecule has 0 saturated heterocycles. The van der Waals surface area contributed by atoms with Crippen molar-refractivity contribution < 1.29 is 14.3 Å². The highest BCUT2D eigenvalue weighted by Crippen LogP contribution is 2.22. The summed E-state index contributed by atoms with van der Waals surface area (Å²) < 4.78 is 5.16. The van der Waals surface area contributed by atoms with E-state index in [0.29, 0.717) is 23.5 Å². The molecule has 3 aromatic carbocycles. The largest absolute Gasteiger partial charge is 0.497 e. The molecule has 0 unspecified atom stereocenters. The summed E-state index contributed by atoms with van der Waals surface area (Å²) in [6.07, 6.45) is 0.340. The zero-order valence-corrected chi connectivity index (χ0v) is 16.4. The highest BCUT2D eigenvalue weighted by atomic mass is 32.2. The number of ketones is 1. The van der Waals surface area contributed by atoms with Crippen molar-refractivity contribution in [3.05, 3.63) is 90.0 Å². The fourth-order valence-electron chi connectivity index (χ4n) is 2.65. The fraction of sp³-hybridized carbons (Fsp3) is 0.130. The Hall–Kier alpha value is -3.05. The molecule has 0 radical (unpaired) electrons. The van der Waals surface area contributed by atoms with Crippen LogP contribution in [0.2, 0.25) is 0 Å². The molecular weight excluding hydrogens is 370 g/mol. The second-order valence-corrected chi connectivity index (χ2v) is 7.23. The van der Waals surface area contributed by atoms with Gasteiger partial charge in [0.25, 0.3) is 0 Å². The molecule has 0 aliphatic carbocycles. The minimum Gasteiger partial charge on any atom is -0.497 e. The van der Waals surface area contributed by atoms with Crippen LogP contribution in [0.4, 0.5) is 5.69 Å². The SMILES string of the molecule is COc1cccc(C(=O)CSc2ccc(NC(=O)Cc3ccccc3)cc2)c1. The van der Waals surface area contributed by atoms with Gasteiger partial charge in [-0.15, -0.1) is 11.8 Å². The first-order valence-electron chi connectivity index (χ1n) is 8.88. The molecule has 0 atom stereocenters. The molecule has 5 heteroatoms. The number of benzene rings is 3. The van der Waals surface area contributed by atoms with E-state index in [-0.39, 0.29) is 11.7 Å². The van der Waals surface area contributed by atoms with E-state index in [1.54, 1.807) is 19.2 Å². The van der Waals surface area contributed by atoms with E-state index in [1.807, 2.05) is 66.7 Å². The van der Waals surface area contributed by atoms with E-state index < -0.39 is 0 Å². The topological polar surface area (TPSA) is 55.4 Å². The van der Waals surface area contributed by atoms with Crippen LogP contribution in [0.3, 0.4) is 0 Å². The van der Waals surface area contributed by atoms with E-state index in [0.717, 1.165) is 16.1 Å². The standard InChI is InChI=1S/C23H21NO3S/c1-27-20-9-5-8-18(15-20)22(25)16-28-21-12-10-19(11-13-21)24-23(26)14-17-6-3-2-4-7-17/h2-13,15H,14,16H2,1H3,(H,24,26). The lowest BCUT2D eigenvalue weighted by Crippen LogP contribution is -2.14. The molecule has 28 heavy (non-hydrogen) atoms. The number of hydrogen-bond donors (Lipinski definition) is 1. The van der Waals surface area contributed by atoms with Crippen molar-refractivity contribution in [2.24, 2.45) is 0 Å². The molecule has 3 rings (SSSR count). The molecule has 0 aliphatic rings. The smallest absolute Gasteiger partial charge is 0.228 e. The van der Waals surface area contributed by atoms with Crippen molar-refractivity contribution in [2.75, 3.05) is 18.2 Å². The van der Waals surface area contributed by atoms with Crippen LogP contribution < -0.4 is 10.1 Å². The second kappa shape index (κ2) is 9.76. The Morgan fingerprint density at radius 1 is 0.929 bits per heavy atom. The predicted molar refractivity (Wildman–Crippen MR) is 113 cm³/mol. The summed E-state index contributed by atoms with van der Waals surface area (Å²) in [7, 11) is 1.58. The van der Waals surface area contributed by atoms with Crippen molar-refractivity contribution in [1.29, 1.82) is 0 Å². The predicted octanol–water partition coefficient (Wildman–Crippen LogP) is 4.85. The average molecular weight is 391 g/mol. The van der Waals surface area contributed by atoms with Crippen LogP contribution in [-0.2, 0) is 11.2 Å². The van der Waals surface area contributed by atoms with Gasteiger partial charge in [-0.1, -0.05) is 42.5 Å². The molecule has 3 aromatic rings. The van der Waals surface area contributed by atoms with E-state index in [4.69, 9.17) is 4.74 Å². The number of carbonyl (C=O) groups excluding carboxylic acids is 2. The maximum absolute atomic E-state index is 12.3. The van der Waals surface area contributed by atoms with Crippen molar-refractivity contribution in [3.8, 4) is 5.75 Å². The number of hydrogen-bond acceptors (Lipinski definition) is 4. The first-order valence-corrected chi connectivity index (χ1v) is 9.86. The van der Waals surface area contributed by atoms with Gasteiger partial charge in [0.2, 0.25) is 5.91 Å². The maximum atomic E-state index is 12.3. The van der Waals surface area contributed by atoms with Gasteiger partial charge in [0.1, 0.15) is 5.75 Å². The number of anilines is 1. The van der Waals surface area contributed by atoms with Gasteiger partial charge < -0.3 is 10.1 Å². The van der Waals surface area contributed by atoms with Crippen LogP contribution in [-0.4, -0.2) is 24.6 Å². The third-order valence-corrected chi connectivity index (χ3v) is 5.12. The van der Waals surface area contributed by atoms with Crippen molar-refractivity contribution >= 4 is 29.1 Å². The van der Waals surface area contributed by atoms with Gasteiger partial charge in [-0.25, -0.2) is 0 Å². The van der Waals surface area contributed by atoms with Gasteiger partial charge in [0.15, 0.2) is 5.78 Å². The number of rotatable bonds is 8. The highest BCUT2D eigenvalue weighted by Gasteiger charge is 2.08. The van der Waals surface area contributed by atoms with Crippen LogP contribution >= 0.6 is 11.8 Å².